The van der Waals surface area contributed by atoms with Gasteiger partial charge >= 0.3 is 10.2 Å². The molecule has 2 atom stereocenters. The molecule has 0 heterocycles. The molecule has 0 radical (unpaired) electrons. The first-order valence-electron chi connectivity index (χ1n) is 11.2. The maximum absolute atomic E-state index is 14.6. The molecular weight excluding hydrogens is 495 g/mol. The number of anilines is 1. The Morgan fingerprint density at radius 2 is 1.74 bits per heavy atom. The second-order valence-electron chi connectivity index (χ2n) is 8.39. The number of para-hydroxylation sites is 1. The highest BCUT2D eigenvalue weighted by atomic mass is 35.5. The molecule has 0 saturated heterocycles. The first-order valence-corrected chi connectivity index (χ1v) is 12.9. The Balaban J connectivity index is 2.47. The Morgan fingerprint density at radius 1 is 1.09 bits per heavy atom. The molecule has 2 aromatic carbocycles. The molecule has 0 fully saturated rings. The summed E-state index contributed by atoms with van der Waals surface area (Å²) >= 11 is 6.10. The number of benzene rings is 2. The van der Waals surface area contributed by atoms with Crippen molar-refractivity contribution >= 4 is 39.3 Å². The van der Waals surface area contributed by atoms with Gasteiger partial charge in [-0.3, -0.25) is 9.59 Å². The van der Waals surface area contributed by atoms with E-state index in [0.29, 0.717) is 21.3 Å². The summed E-state index contributed by atoms with van der Waals surface area (Å²) in [7, 11) is -1.65. The van der Waals surface area contributed by atoms with Gasteiger partial charge in [-0.05, 0) is 50.1 Å². The average molecular weight is 527 g/mol. The van der Waals surface area contributed by atoms with Crippen LogP contribution in [0.5, 0.6) is 0 Å². The monoisotopic (exact) mass is 526 g/mol. The van der Waals surface area contributed by atoms with Crippen LogP contribution in [-0.4, -0.2) is 62.2 Å². The lowest BCUT2D eigenvalue weighted by molar-refractivity contribution is -0.139. The quantitative estimate of drug-likeness (QED) is 0.486. The number of hydrogen-bond acceptors (Lipinski definition) is 4. The lowest BCUT2D eigenvalue weighted by Crippen LogP contribution is -2.53. The van der Waals surface area contributed by atoms with E-state index < -0.39 is 34.5 Å². The number of hydrogen-bond donors (Lipinski definition) is 1. The van der Waals surface area contributed by atoms with E-state index >= 15 is 0 Å². The van der Waals surface area contributed by atoms with Crippen LogP contribution in [0.4, 0.5) is 10.1 Å². The first kappa shape index (κ1) is 28.5. The van der Waals surface area contributed by atoms with Crippen molar-refractivity contribution in [3.63, 3.8) is 0 Å². The van der Waals surface area contributed by atoms with Crippen molar-refractivity contribution in [2.45, 2.75) is 45.8 Å². The third-order valence-electron chi connectivity index (χ3n) is 5.55. The summed E-state index contributed by atoms with van der Waals surface area (Å²) in [5, 5.41) is 3.30. The van der Waals surface area contributed by atoms with Crippen LogP contribution in [0.15, 0.2) is 48.5 Å². The van der Waals surface area contributed by atoms with Crippen LogP contribution < -0.4 is 9.62 Å². The highest BCUT2D eigenvalue weighted by molar-refractivity contribution is 7.90. The van der Waals surface area contributed by atoms with Crippen molar-refractivity contribution in [2.24, 2.45) is 0 Å². The third-order valence-corrected chi connectivity index (χ3v) is 7.59. The predicted molar refractivity (Wildman–Crippen MR) is 136 cm³/mol. The Labute approximate surface area is 211 Å². The van der Waals surface area contributed by atoms with Gasteiger partial charge in [0.15, 0.2) is 0 Å². The van der Waals surface area contributed by atoms with E-state index in [9.17, 15) is 22.4 Å². The van der Waals surface area contributed by atoms with Crippen LogP contribution >= 0.6 is 11.6 Å². The van der Waals surface area contributed by atoms with Gasteiger partial charge in [0, 0.05) is 31.7 Å². The van der Waals surface area contributed by atoms with Crippen LogP contribution in [-0.2, 0) is 26.3 Å². The number of halogens is 2. The number of carbonyl (C=O) groups excluding carboxylic acids is 2. The van der Waals surface area contributed by atoms with Crippen molar-refractivity contribution in [3.05, 3.63) is 64.9 Å². The van der Waals surface area contributed by atoms with Crippen LogP contribution in [0, 0.1) is 5.82 Å². The summed E-state index contributed by atoms with van der Waals surface area (Å²) in [6.45, 7) is 4.62. The van der Waals surface area contributed by atoms with E-state index in [1.807, 2.05) is 13.8 Å². The maximum Gasteiger partial charge on any atom is 0.304 e. The largest absolute Gasteiger partial charge is 0.352 e. The zero-order valence-electron chi connectivity index (χ0n) is 20.5. The Morgan fingerprint density at radius 3 is 2.31 bits per heavy atom. The lowest BCUT2D eigenvalue weighted by Gasteiger charge is -2.33. The molecule has 0 aliphatic heterocycles. The predicted octanol–water partition coefficient (Wildman–Crippen LogP) is 3.42. The highest BCUT2D eigenvalue weighted by Gasteiger charge is 2.33. The van der Waals surface area contributed by atoms with Crippen LogP contribution in [0.1, 0.15) is 32.8 Å². The molecular formula is C24H32ClFN4O4S. The number of nitrogens with one attached hydrogen (secondary N) is 1. The standard InChI is InChI=1S/C24H32ClFN4O4S/c1-6-17(2)27-24(32)18(3)29(15-19-10-9-11-20(25)14-19)23(31)16-30(35(33,34)28(4)5)22-13-8-7-12-21(22)26/h7-14,17-18H,6,15-16H2,1-5H3,(H,27,32). The minimum Gasteiger partial charge on any atom is -0.352 e. The molecule has 11 heteroatoms. The number of rotatable bonds is 11. The minimum absolute atomic E-state index is 0.00160. The van der Waals surface area contributed by atoms with Crippen LogP contribution in [0.25, 0.3) is 0 Å². The van der Waals surface area contributed by atoms with Gasteiger partial charge in [0.25, 0.3) is 0 Å². The smallest absolute Gasteiger partial charge is 0.304 e. The summed E-state index contributed by atoms with van der Waals surface area (Å²) in [6, 6.07) is 11.1. The van der Waals surface area contributed by atoms with Gasteiger partial charge < -0.3 is 10.2 Å². The molecule has 0 spiro atoms. The zero-order chi connectivity index (χ0) is 26.3. The third kappa shape index (κ3) is 7.39. The molecule has 1 N–H and O–H groups in total. The molecule has 0 aliphatic carbocycles. The molecule has 2 rings (SSSR count). The van der Waals surface area contributed by atoms with E-state index in [0.717, 1.165) is 10.4 Å². The average Bonchev–Trinajstić information content (AvgIpc) is 2.80. The van der Waals surface area contributed by atoms with Gasteiger partial charge in [-0.1, -0.05) is 42.8 Å². The highest BCUT2D eigenvalue weighted by Crippen LogP contribution is 2.24. The van der Waals surface area contributed by atoms with Crippen molar-refractivity contribution in [3.8, 4) is 0 Å². The zero-order valence-corrected chi connectivity index (χ0v) is 22.1. The number of amides is 2. The van der Waals surface area contributed by atoms with Crippen molar-refractivity contribution < 1.29 is 22.4 Å². The van der Waals surface area contributed by atoms with Gasteiger partial charge in [0.1, 0.15) is 18.4 Å². The molecule has 8 nitrogen and oxygen atoms in total. The van der Waals surface area contributed by atoms with Gasteiger partial charge in [-0.2, -0.15) is 12.7 Å². The molecule has 2 amide bonds. The SMILES string of the molecule is CCC(C)NC(=O)C(C)N(Cc1cccc(Cl)c1)C(=O)CN(c1ccccc1F)S(=O)(=O)N(C)C. The summed E-state index contributed by atoms with van der Waals surface area (Å²) in [4.78, 5) is 27.7. The van der Waals surface area contributed by atoms with Crippen LogP contribution in [0.2, 0.25) is 5.02 Å². The minimum atomic E-state index is -4.23. The van der Waals surface area contributed by atoms with Crippen molar-refractivity contribution in [2.75, 3.05) is 24.9 Å². The van der Waals surface area contributed by atoms with Gasteiger partial charge in [-0.25, -0.2) is 8.70 Å². The van der Waals surface area contributed by atoms with Crippen LogP contribution in [0.3, 0.4) is 0 Å². The number of nitrogens with zero attached hydrogens (tertiary/aromatic N) is 3. The Bertz CT molecular complexity index is 1150. The van der Waals surface area contributed by atoms with Crippen molar-refractivity contribution in [1.82, 2.24) is 14.5 Å². The molecule has 2 aromatic rings. The van der Waals surface area contributed by atoms with Gasteiger partial charge in [0.05, 0.1) is 5.69 Å². The summed E-state index contributed by atoms with van der Waals surface area (Å²) in [5.41, 5.74) is 0.385. The maximum atomic E-state index is 14.6. The Kier molecular flexibility index (Phi) is 10.1. The fourth-order valence-corrected chi connectivity index (χ4v) is 4.51. The molecule has 0 saturated carbocycles. The molecule has 0 aromatic heterocycles. The van der Waals surface area contributed by atoms with E-state index in [2.05, 4.69) is 5.32 Å². The molecule has 2 unspecified atom stereocenters. The van der Waals surface area contributed by atoms with E-state index in [4.69, 9.17) is 11.6 Å². The molecule has 192 valence electrons. The first-order chi connectivity index (χ1) is 16.4. The second-order valence-corrected chi connectivity index (χ2v) is 10.9. The van der Waals surface area contributed by atoms with E-state index in [1.54, 1.807) is 31.2 Å². The summed E-state index contributed by atoms with van der Waals surface area (Å²) in [6.07, 6.45) is 0.697. The molecule has 0 aliphatic rings. The molecule has 0 bridgehead atoms. The number of carbonyl (C=O) groups is 2. The Hall–Kier alpha value is -2.69. The lowest BCUT2D eigenvalue weighted by atomic mass is 10.1. The fraction of sp³-hybridized carbons (Fsp3) is 0.417. The summed E-state index contributed by atoms with van der Waals surface area (Å²) in [5.74, 6) is -1.86. The van der Waals surface area contributed by atoms with Crippen molar-refractivity contribution in [1.29, 1.82) is 0 Å². The fourth-order valence-electron chi connectivity index (χ4n) is 3.24. The molecule has 35 heavy (non-hydrogen) atoms. The van der Waals surface area contributed by atoms with E-state index in [-0.39, 0.29) is 24.2 Å². The van der Waals surface area contributed by atoms with Gasteiger partial charge in [-0.15, -0.1) is 0 Å². The van der Waals surface area contributed by atoms with E-state index in [1.165, 1.54) is 37.2 Å². The van der Waals surface area contributed by atoms with Gasteiger partial charge in [0.2, 0.25) is 11.8 Å². The normalized spacial score (nSPS) is 13.3. The second kappa shape index (κ2) is 12.3. The summed E-state index contributed by atoms with van der Waals surface area (Å²) < 4.78 is 42.3. The topological polar surface area (TPSA) is 90.0 Å².